The summed E-state index contributed by atoms with van der Waals surface area (Å²) in [6.45, 7) is 10.9. The van der Waals surface area contributed by atoms with E-state index in [1.54, 1.807) is 13.0 Å². The van der Waals surface area contributed by atoms with E-state index in [9.17, 15) is 4.79 Å². The Morgan fingerprint density at radius 2 is 1.87 bits per heavy atom. The minimum atomic E-state index is 0.163. The average Bonchev–Trinajstić information content (AvgIpc) is 2.11. The SMILES string of the molecule is CC(=O)/C=C/[C@@H]1[C@@H](C)CC[C@@H](C)C1(C)C. The van der Waals surface area contributed by atoms with Crippen LogP contribution in [-0.2, 0) is 4.79 Å². The average molecular weight is 208 g/mol. The number of hydrogen-bond acceptors (Lipinski definition) is 1. The molecule has 15 heavy (non-hydrogen) atoms. The van der Waals surface area contributed by atoms with Crippen molar-refractivity contribution in [3.8, 4) is 0 Å². The van der Waals surface area contributed by atoms with Crippen LogP contribution in [0, 0.1) is 23.2 Å². The summed E-state index contributed by atoms with van der Waals surface area (Å²) in [6.07, 6.45) is 6.50. The maximum Gasteiger partial charge on any atom is 0.152 e. The molecular formula is C14H24O. The molecule has 0 unspecified atom stereocenters. The summed E-state index contributed by atoms with van der Waals surface area (Å²) in [6, 6.07) is 0. The van der Waals surface area contributed by atoms with Crippen molar-refractivity contribution >= 4 is 5.78 Å². The van der Waals surface area contributed by atoms with E-state index in [1.165, 1.54) is 12.8 Å². The minimum Gasteiger partial charge on any atom is -0.295 e. The van der Waals surface area contributed by atoms with Crippen molar-refractivity contribution in [1.82, 2.24) is 0 Å². The van der Waals surface area contributed by atoms with Crippen LogP contribution in [0.25, 0.3) is 0 Å². The molecule has 0 N–H and O–H groups in total. The van der Waals surface area contributed by atoms with E-state index in [4.69, 9.17) is 0 Å². The number of hydrogen-bond donors (Lipinski definition) is 0. The summed E-state index contributed by atoms with van der Waals surface area (Å²) in [7, 11) is 0. The third-order valence-corrected chi connectivity index (χ3v) is 4.34. The topological polar surface area (TPSA) is 17.1 Å². The second-order valence-corrected chi connectivity index (χ2v) is 5.77. The zero-order chi connectivity index (χ0) is 11.6. The summed E-state index contributed by atoms with van der Waals surface area (Å²) in [5, 5.41) is 0. The Balaban J connectivity index is 2.85. The van der Waals surface area contributed by atoms with Crippen LogP contribution in [0.2, 0.25) is 0 Å². The Kier molecular flexibility index (Phi) is 3.75. The van der Waals surface area contributed by atoms with E-state index < -0.39 is 0 Å². The fourth-order valence-corrected chi connectivity index (χ4v) is 2.80. The van der Waals surface area contributed by atoms with Crippen molar-refractivity contribution in [2.24, 2.45) is 23.2 Å². The normalized spacial score (nSPS) is 35.7. The van der Waals surface area contributed by atoms with Gasteiger partial charge in [0.1, 0.15) is 0 Å². The van der Waals surface area contributed by atoms with Crippen LogP contribution in [0.3, 0.4) is 0 Å². The zero-order valence-corrected chi connectivity index (χ0v) is 10.7. The molecule has 0 aromatic carbocycles. The van der Waals surface area contributed by atoms with Crippen molar-refractivity contribution in [1.29, 1.82) is 0 Å². The van der Waals surface area contributed by atoms with Crippen molar-refractivity contribution in [2.75, 3.05) is 0 Å². The molecule has 0 aromatic heterocycles. The largest absolute Gasteiger partial charge is 0.295 e. The van der Waals surface area contributed by atoms with Gasteiger partial charge in [-0.15, -0.1) is 0 Å². The van der Waals surface area contributed by atoms with Crippen LogP contribution in [0.1, 0.15) is 47.5 Å². The van der Waals surface area contributed by atoms with Gasteiger partial charge in [0, 0.05) is 0 Å². The number of carbonyl (C=O) groups is 1. The highest BCUT2D eigenvalue weighted by molar-refractivity contribution is 5.87. The van der Waals surface area contributed by atoms with Gasteiger partial charge in [-0.25, -0.2) is 0 Å². The molecule has 1 aliphatic rings. The van der Waals surface area contributed by atoms with Crippen LogP contribution in [0.4, 0.5) is 0 Å². The maximum atomic E-state index is 11.0. The summed E-state index contributed by atoms with van der Waals surface area (Å²) in [5.74, 6) is 2.16. The first kappa shape index (κ1) is 12.5. The smallest absolute Gasteiger partial charge is 0.152 e. The number of allylic oxidation sites excluding steroid dienone is 2. The van der Waals surface area contributed by atoms with Gasteiger partial charge in [-0.1, -0.05) is 33.8 Å². The first-order valence-electron chi connectivity index (χ1n) is 6.04. The van der Waals surface area contributed by atoms with Crippen LogP contribution >= 0.6 is 0 Å². The van der Waals surface area contributed by atoms with Gasteiger partial charge < -0.3 is 0 Å². The lowest BCUT2D eigenvalue weighted by Crippen LogP contribution is -2.38. The monoisotopic (exact) mass is 208 g/mol. The van der Waals surface area contributed by atoms with E-state index in [-0.39, 0.29) is 5.78 Å². The predicted molar refractivity (Wildman–Crippen MR) is 64.7 cm³/mol. The molecular weight excluding hydrogens is 184 g/mol. The van der Waals surface area contributed by atoms with Crippen LogP contribution in [0.15, 0.2) is 12.2 Å². The van der Waals surface area contributed by atoms with Crippen molar-refractivity contribution in [2.45, 2.75) is 47.5 Å². The highest BCUT2D eigenvalue weighted by atomic mass is 16.1. The van der Waals surface area contributed by atoms with E-state index in [0.717, 1.165) is 5.92 Å². The van der Waals surface area contributed by atoms with Crippen molar-refractivity contribution in [3.05, 3.63) is 12.2 Å². The Hall–Kier alpha value is -0.590. The lowest BCUT2D eigenvalue weighted by Gasteiger charge is -2.46. The molecule has 0 saturated heterocycles. The highest BCUT2D eigenvalue weighted by Crippen LogP contribution is 2.48. The molecule has 0 bridgehead atoms. The van der Waals surface area contributed by atoms with Gasteiger partial charge in [0.2, 0.25) is 0 Å². The zero-order valence-electron chi connectivity index (χ0n) is 10.7. The third kappa shape index (κ3) is 2.70. The summed E-state index contributed by atoms with van der Waals surface area (Å²) in [4.78, 5) is 11.0. The van der Waals surface area contributed by atoms with Gasteiger partial charge in [0.05, 0.1) is 0 Å². The van der Waals surface area contributed by atoms with E-state index in [1.807, 2.05) is 0 Å². The molecule has 3 atom stereocenters. The van der Waals surface area contributed by atoms with Crippen molar-refractivity contribution < 1.29 is 4.79 Å². The van der Waals surface area contributed by atoms with Gasteiger partial charge in [-0.2, -0.15) is 0 Å². The Labute approximate surface area is 93.9 Å². The molecule has 1 saturated carbocycles. The van der Waals surface area contributed by atoms with E-state index in [0.29, 0.717) is 17.3 Å². The van der Waals surface area contributed by atoms with Gasteiger partial charge >= 0.3 is 0 Å². The molecule has 1 aliphatic carbocycles. The number of rotatable bonds is 2. The quantitative estimate of drug-likeness (QED) is 0.630. The molecule has 0 amide bonds. The molecule has 0 spiro atoms. The van der Waals surface area contributed by atoms with E-state index in [2.05, 4.69) is 33.8 Å². The number of carbonyl (C=O) groups excluding carboxylic acids is 1. The Morgan fingerprint density at radius 3 is 2.40 bits per heavy atom. The molecule has 0 radical (unpaired) electrons. The third-order valence-electron chi connectivity index (χ3n) is 4.34. The lowest BCUT2D eigenvalue weighted by atomic mass is 9.59. The standard InChI is InChI=1S/C14H24O/c1-10-6-7-11(2)14(4,5)13(10)9-8-12(3)15/h8-11,13H,6-7H2,1-5H3/b9-8+/t10-,11+,13+/m0/s1. The summed E-state index contributed by atoms with van der Waals surface area (Å²) < 4.78 is 0. The molecule has 1 rings (SSSR count). The molecule has 86 valence electrons. The first-order chi connectivity index (χ1) is 6.85. The first-order valence-corrected chi connectivity index (χ1v) is 6.04. The van der Waals surface area contributed by atoms with Crippen molar-refractivity contribution in [3.63, 3.8) is 0 Å². The fourth-order valence-electron chi connectivity index (χ4n) is 2.80. The van der Waals surface area contributed by atoms with Crippen LogP contribution < -0.4 is 0 Å². The van der Waals surface area contributed by atoms with Crippen LogP contribution in [-0.4, -0.2) is 5.78 Å². The molecule has 0 aliphatic heterocycles. The molecule has 0 aromatic rings. The molecule has 1 nitrogen and oxygen atoms in total. The lowest BCUT2D eigenvalue weighted by molar-refractivity contribution is -0.112. The highest BCUT2D eigenvalue weighted by Gasteiger charge is 2.39. The van der Waals surface area contributed by atoms with E-state index >= 15 is 0 Å². The van der Waals surface area contributed by atoms with Crippen LogP contribution in [0.5, 0.6) is 0 Å². The fraction of sp³-hybridized carbons (Fsp3) is 0.786. The maximum absolute atomic E-state index is 11.0. The Bertz CT molecular complexity index is 263. The molecule has 1 fully saturated rings. The predicted octanol–water partition coefficient (Wildman–Crippen LogP) is 3.84. The summed E-state index contributed by atoms with van der Waals surface area (Å²) >= 11 is 0. The minimum absolute atomic E-state index is 0.163. The van der Waals surface area contributed by atoms with Gasteiger partial charge in [0.25, 0.3) is 0 Å². The molecule has 1 heteroatoms. The Morgan fingerprint density at radius 1 is 1.27 bits per heavy atom. The molecule has 0 heterocycles. The van der Waals surface area contributed by atoms with Gasteiger partial charge in [-0.05, 0) is 49.0 Å². The van der Waals surface area contributed by atoms with Gasteiger partial charge in [0.15, 0.2) is 5.78 Å². The second kappa shape index (κ2) is 4.51. The van der Waals surface area contributed by atoms with Gasteiger partial charge in [-0.3, -0.25) is 4.79 Å². The number of ketones is 1. The summed E-state index contributed by atoms with van der Waals surface area (Å²) in [5.41, 5.74) is 0.323. The second-order valence-electron chi connectivity index (χ2n) is 5.77.